The second-order valence-electron chi connectivity index (χ2n) is 4.99. The van der Waals surface area contributed by atoms with E-state index in [4.69, 9.17) is 0 Å². The molecule has 17 heavy (non-hydrogen) atoms. The van der Waals surface area contributed by atoms with Gasteiger partial charge in [0.15, 0.2) is 0 Å². The van der Waals surface area contributed by atoms with Gasteiger partial charge in [-0.2, -0.15) is 0 Å². The van der Waals surface area contributed by atoms with Gasteiger partial charge in [0.25, 0.3) is 0 Å². The molecule has 0 aliphatic heterocycles. The van der Waals surface area contributed by atoms with Crippen molar-refractivity contribution in [2.45, 2.75) is 44.1 Å². The van der Waals surface area contributed by atoms with Crippen molar-refractivity contribution in [1.82, 2.24) is 0 Å². The number of hydrogen-bond acceptors (Lipinski definition) is 2. The number of hydrogen-bond donors (Lipinski definition) is 2. The number of carbonyl (C=O) groups is 1. The van der Waals surface area contributed by atoms with E-state index in [0.717, 1.165) is 30.4 Å². The topological polar surface area (TPSA) is 57.5 Å². The van der Waals surface area contributed by atoms with Crippen molar-refractivity contribution in [2.24, 2.45) is 0 Å². The Bertz CT molecular complexity index is 402. The minimum absolute atomic E-state index is 0.363. The first-order valence-electron chi connectivity index (χ1n) is 6.05. The van der Waals surface area contributed by atoms with E-state index in [2.05, 4.69) is 0 Å². The number of carboxylic acids is 1. The fraction of sp³-hybridized carbons (Fsp3) is 0.500. The van der Waals surface area contributed by atoms with E-state index in [1.807, 2.05) is 24.3 Å². The highest BCUT2D eigenvalue weighted by Crippen LogP contribution is 2.43. The van der Waals surface area contributed by atoms with Gasteiger partial charge in [-0.15, -0.1) is 0 Å². The molecule has 1 aliphatic rings. The number of aliphatic carboxylic acids is 1. The maximum Gasteiger partial charge on any atom is 0.314 e. The molecule has 0 saturated heterocycles. The quantitative estimate of drug-likeness (QED) is 0.839. The summed E-state index contributed by atoms with van der Waals surface area (Å²) in [6.45, 7) is 1.75. The van der Waals surface area contributed by atoms with E-state index in [9.17, 15) is 15.0 Å². The first kappa shape index (κ1) is 12.1. The third-order valence-corrected chi connectivity index (χ3v) is 3.65. The third kappa shape index (κ3) is 2.20. The molecule has 3 nitrogen and oxygen atoms in total. The lowest BCUT2D eigenvalue weighted by Crippen LogP contribution is -2.42. The lowest BCUT2D eigenvalue weighted by Gasteiger charge is -2.38. The Hall–Kier alpha value is -1.35. The minimum Gasteiger partial charge on any atom is -0.481 e. The van der Waals surface area contributed by atoms with Gasteiger partial charge in [0, 0.05) is 0 Å². The average molecular weight is 234 g/mol. The summed E-state index contributed by atoms with van der Waals surface area (Å²) < 4.78 is 0. The number of benzene rings is 1. The highest BCUT2D eigenvalue weighted by atomic mass is 16.4. The van der Waals surface area contributed by atoms with Crippen LogP contribution >= 0.6 is 0 Å². The molecule has 2 N–H and O–H groups in total. The molecule has 1 atom stereocenters. The van der Waals surface area contributed by atoms with Crippen LogP contribution in [-0.2, 0) is 16.6 Å². The van der Waals surface area contributed by atoms with Crippen molar-refractivity contribution >= 4 is 5.97 Å². The van der Waals surface area contributed by atoms with Crippen molar-refractivity contribution in [3.8, 4) is 0 Å². The molecule has 1 saturated carbocycles. The Morgan fingerprint density at radius 1 is 1.35 bits per heavy atom. The highest BCUT2D eigenvalue weighted by Gasteiger charge is 2.45. The standard InChI is InChI=1S/C14H18O3/c1-10(15)9-11-3-5-12(6-4-11)14(13(16)17)7-2-8-14/h3-6,10,15H,2,7-9H2,1H3,(H,16,17). The van der Waals surface area contributed by atoms with Crippen molar-refractivity contribution in [1.29, 1.82) is 0 Å². The molecule has 2 rings (SSSR count). The first-order chi connectivity index (χ1) is 8.04. The molecule has 0 radical (unpaired) electrons. The van der Waals surface area contributed by atoms with Crippen molar-refractivity contribution in [2.75, 3.05) is 0 Å². The van der Waals surface area contributed by atoms with Gasteiger partial charge < -0.3 is 10.2 Å². The zero-order chi connectivity index (χ0) is 12.5. The number of carboxylic acid groups (broad SMARTS) is 1. The largest absolute Gasteiger partial charge is 0.481 e. The summed E-state index contributed by atoms with van der Waals surface area (Å²) in [4.78, 5) is 11.3. The Morgan fingerprint density at radius 2 is 1.94 bits per heavy atom. The zero-order valence-electron chi connectivity index (χ0n) is 10.0. The zero-order valence-corrected chi connectivity index (χ0v) is 10.0. The summed E-state index contributed by atoms with van der Waals surface area (Å²) >= 11 is 0. The summed E-state index contributed by atoms with van der Waals surface area (Å²) in [5, 5.41) is 18.6. The highest BCUT2D eigenvalue weighted by molar-refractivity contribution is 5.82. The maximum absolute atomic E-state index is 11.3. The van der Waals surface area contributed by atoms with Crippen LogP contribution in [0.25, 0.3) is 0 Å². The lowest BCUT2D eigenvalue weighted by molar-refractivity contribution is -0.147. The van der Waals surface area contributed by atoms with Crippen LogP contribution in [-0.4, -0.2) is 22.3 Å². The fourth-order valence-corrected chi connectivity index (χ4v) is 2.46. The van der Waals surface area contributed by atoms with Gasteiger partial charge in [-0.3, -0.25) is 4.79 Å². The van der Waals surface area contributed by atoms with Crippen molar-refractivity contribution in [3.63, 3.8) is 0 Å². The number of aliphatic hydroxyl groups excluding tert-OH is 1. The molecule has 0 amide bonds. The van der Waals surface area contributed by atoms with Gasteiger partial charge in [-0.25, -0.2) is 0 Å². The van der Waals surface area contributed by atoms with Gasteiger partial charge in [-0.05, 0) is 37.3 Å². The van der Waals surface area contributed by atoms with Crippen molar-refractivity contribution in [3.05, 3.63) is 35.4 Å². The maximum atomic E-state index is 11.3. The molecule has 0 aromatic heterocycles. The van der Waals surface area contributed by atoms with Crippen LogP contribution in [0.4, 0.5) is 0 Å². The van der Waals surface area contributed by atoms with E-state index in [1.54, 1.807) is 6.92 Å². The van der Waals surface area contributed by atoms with Crippen LogP contribution in [0.3, 0.4) is 0 Å². The molecule has 1 aliphatic carbocycles. The van der Waals surface area contributed by atoms with E-state index in [1.165, 1.54) is 0 Å². The Labute approximate surface area is 101 Å². The molecule has 1 unspecified atom stereocenters. The van der Waals surface area contributed by atoms with Gasteiger partial charge in [0.05, 0.1) is 11.5 Å². The summed E-state index contributed by atoms with van der Waals surface area (Å²) in [5.74, 6) is -0.716. The van der Waals surface area contributed by atoms with E-state index >= 15 is 0 Å². The Balaban J connectivity index is 2.20. The van der Waals surface area contributed by atoms with Crippen LogP contribution in [0.15, 0.2) is 24.3 Å². The van der Waals surface area contributed by atoms with Crippen LogP contribution in [0, 0.1) is 0 Å². The average Bonchev–Trinajstić information content (AvgIpc) is 2.17. The molecular weight excluding hydrogens is 216 g/mol. The summed E-state index contributed by atoms with van der Waals surface area (Å²) in [6, 6.07) is 7.63. The van der Waals surface area contributed by atoms with Gasteiger partial charge in [-0.1, -0.05) is 30.7 Å². The molecular formula is C14H18O3. The fourth-order valence-electron chi connectivity index (χ4n) is 2.46. The van der Waals surface area contributed by atoms with Gasteiger partial charge in [0.2, 0.25) is 0 Å². The minimum atomic E-state index is -0.716. The SMILES string of the molecule is CC(O)Cc1ccc(C2(C(=O)O)CCC2)cc1. The smallest absolute Gasteiger partial charge is 0.314 e. The molecule has 0 bridgehead atoms. The predicted octanol–water partition coefficient (Wildman–Crippen LogP) is 2.12. The molecule has 1 aromatic carbocycles. The second-order valence-corrected chi connectivity index (χ2v) is 4.99. The van der Waals surface area contributed by atoms with E-state index in [-0.39, 0.29) is 6.10 Å². The molecule has 1 fully saturated rings. The Kier molecular flexibility index (Phi) is 3.20. The Morgan fingerprint density at radius 3 is 2.29 bits per heavy atom. The third-order valence-electron chi connectivity index (χ3n) is 3.65. The summed E-state index contributed by atoms with van der Waals surface area (Å²) in [7, 11) is 0. The number of aliphatic hydroxyl groups is 1. The van der Waals surface area contributed by atoms with Crippen LogP contribution in [0.1, 0.15) is 37.3 Å². The number of rotatable bonds is 4. The van der Waals surface area contributed by atoms with Crippen molar-refractivity contribution < 1.29 is 15.0 Å². The van der Waals surface area contributed by atoms with Gasteiger partial charge in [0.1, 0.15) is 0 Å². The lowest BCUT2D eigenvalue weighted by atomic mass is 9.64. The summed E-state index contributed by atoms with van der Waals surface area (Å²) in [5.41, 5.74) is 1.29. The molecule has 0 heterocycles. The van der Waals surface area contributed by atoms with Crippen LogP contribution in [0.2, 0.25) is 0 Å². The van der Waals surface area contributed by atoms with E-state index < -0.39 is 11.4 Å². The summed E-state index contributed by atoms with van der Waals surface area (Å²) in [6.07, 6.45) is 2.70. The second kappa shape index (κ2) is 4.49. The molecule has 3 heteroatoms. The van der Waals surface area contributed by atoms with Gasteiger partial charge >= 0.3 is 5.97 Å². The first-order valence-corrected chi connectivity index (χ1v) is 6.05. The van der Waals surface area contributed by atoms with E-state index in [0.29, 0.717) is 6.42 Å². The monoisotopic (exact) mass is 234 g/mol. The van der Waals surface area contributed by atoms with Crippen LogP contribution < -0.4 is 0 Å². The predicted molar refractivity (Wildman–Crippen MR) is 65.0 cm³/mol. The van der Waals surface area contributed by atoms with Crippen LogP contribution in [0.5, 0.6) is 0 Å². The molecule has 1 aromatic rings. The molecule has 0 spiro atoms. The molecule has 92 valence electrons. The normalized spacial score (nSPS) is 19.4.